The van der Waals surface area contributed by atoms with Crippen molar-refractivity contribution in [1.82, 2.24) is 15.6 Å². The lowest BCUT2D eigenvalue weighted by molar-refractivity contribution is 0.230. The number of aliphatic hydroxyl groups is 1. The molecule has 0 fully saturated rings. The number of aryl methyl sites for hydroxylation is 1. The van der Waals surface area contributed by atoms with Crippen LogP contribution < -0.4 is 10.6 Å². The van der Waals surface area contributed by atoms with E-state index in [1.807, 2.05) is 6.92 Å². The van der Waals surface area contributed by atoms with Gasteiger partial charge in [-0.1, -0.05) is 13.3 Å². The summed E-state index contributed by atoms with van der Waals surface area (Å²) in [5, 5.41) is 14.3. The Morgan fingerprint density at radius 1 is 1.56 bits per heavy atom. The van der Waals surface area contributed by atoms with Gasteiger partial charge in [0.15, 0.2) is 6.39 Å². The Bertz CT molecular complexity index is 365. The molecular formula is C12H21N3O3. The van der Waals surface area contributed by atoms with Crippen molar-refractivity contribution in [3.8, 4) is 0 Å². The molecule has 2 amide bonds. The smallest absolute Gasteiger partial charge is 0.315 e. The maximum absolute atomic E-state index is 11.5. The maximum atomic E-state index is 11.5. The average Bonchev–Trinajstić information content (AvgIpc) is 2.77. The number of carbonyl (C=O) groups is 1. The molecule has 1 aromatic heterocycles. The zero-order valence-electron chi connectivity index (χ0n) is 10.9. The zero-order chi connectivity index (χ0) is 13.4. The van der Waals surface area contributed by atoms with Gasteiger partial charge in [0.25, 0.3) is 0 Å². The largest absolute Gasteiger partial charge is 0.448 e. The first-order chi connectivity index (χ1) is 8.67. The van der Waals surface area contributed by atoms with Crippen LogP contribution in [-0.4, -0.2) is 29.3 Å². The molecule has 102 valence electrons. The van der Waals surface area contributed by atoms with Crippen LogP contribution in [0.25, 0.3) is 0 Å². The van der Waals surface area contributed by atoms with Crippen LogP contribution in [0, 0.1) is 12.8 Å². The standard InChI is InChI=1S/C12H21N3O3/c1-3-10(4-5-16)6-13-12(17)14-7-11-9(2)18-8-15-11/h8,10,16H,3-7H2,1-2H3,(H2,13,14,17). The molecule has 0 spiro atoms. The van der Waals surface area contributed by atoms with Crippen LogP contribution in [0.1, 0.15) is 31.2 Å². The Balaban J connectivity index is 2.23. The summed E-state index contributed by atoms with van der Waals surface area (Å²) >= 11 is 0. The summed E-state index contributed by atoms with van der Waals surface area (Å²) in [5.74, 6) is 1.02. The van der Waals surface area contributed by atoms with Gasteiger partial charge in [-0.15, -0.1) is 0 Å². The number of oxazole rings is 1. The number of nitrogens with one attached hydrogen (secondary N) is 2. The fourth-order valence-electron chi connectivity index (χ4n) is 1.59. The van der Waals surface area contributed by atoms with E-state index in [4.69, 9.17) is 9.52 Å². The van der Waals surface area contributed by atoms with Crippen molar-refractivity contribution in [2.24, 2.45) is 5.92 Å². The van der Waals surface area contributed by atoms with Crippen LogP contribution in [0.2, 0.25) is 0 Å². The molecule has 0 bridgehead atoms. The average molecular weight is 255 g/mol. The predicted octanol–water partition coefficient (Wildman–Crippen LogP) is 1.19. The van der Waals surface area contributed by atoms with E-state index in [9.17, 15) is 4.79 Å². The van der Waals surface area contributed by atoms with Crippen molar-refractivity contribution in [3.05, 3.63) is 17.8 Å². The highest BCUT2D eigenvalue weighted by Gasteiger charge is 2.09. The molecule has 0 radical (unpaired) electrons. The lowest BCUT2D eigenvalue weighted by atomic mass is 10.0. The summed E-state index contributed by atoms with van der Waals surface area (Å²) in [6.07, 6.45) is 3.00. The zero-order valence-corrected chi connectivity index (χ0v) is 10.9. The highest BCUT2D eigenvalue weighted by Crippen LogP contribution is 2.05. The molecular weight excluding hydrogens is 234 g/mol. The second kappa shape index (κ2) is 7.71. The Labute approximate surface area is 107 Å². The summed E-state index contributed by atoms with van der Waals surface area (Å²) in [6, 6.07) is -0.228. The number of amides is 2. The normalized spacial score (nSPS) is 12.2. The van der Waals surface area contributed by atoms with Gasteiger partial charge in [-0.05, 0) is 19.3 Å². The van der Waals surface area contributed by atoms with Crippen molar-refractivity contribution in [2.45, 2.75) is 33.2 Å². The minimum Gasteiger partial charge on any atom is -0.448 e. The van der Waals surface area contributed by atoms with Crippen molar-refractivity contribution in [1.29, 1.82) is 0 Å². The Hall–Kier alpha value is -1.56. The Morgan fingerprint density at radius 2 is 2.33 bits per heavy atom. The fourth-order valence-corrected chi connectivity index (χ4v) is 1.59. The lowest BCUT2D eigenvalue weighted by Gasteiger charge is -2.14. The van der Waals surface area contributed by atoms with Gasteiger partial charge in [-0.3, -0.25) is 0 Å². The number of nitrogens with zero attached hydrogens (tertiary/aromatic N) is 1. The summed E-state index contributed by atoms with van der Waals surface area (Å²) in [7, 11) is 0. The van der Waals surface area contributed by atoms with Crippen molar-refractivity contribution >= 4 is 6.03 Å². The van der Waals surface area contributed by atoms with Crippen molar-refractivity contribution in [2.75, 3.05) is 13.2 Å². The minimum atomic E-state index is -0.228. The van der Waals surface area contributed by atoms with E-state index in [0.717, 1.165) is 12.1 Å². The third kappa shape index (κ3) is 4.75. The first-order valence-corrected chi connectivity index (χ1v) is 6.18. The first-order valence-electron chi connectivity index (χ1n) is 6.18. The number of urea groups is 1. The van der Waals surface area contributed by atoms with Gasteiger partial charge < -0.3 is 20.2 Å². The van der Waals surface area contributed by atoms with Crippen LogP contribution in [0.4, 0.5) is 4.79 Å². The molecule has 1 unspecified atom stereocenters. The van der Waals surface area contributed by atoms with Crippen LogP contribution in [0.15, 0.2) is 10.8 Å². The third-order valence-corrected chi connectivity index (χ3v) is 2.93. The molecule has 1 rings (SSSR count). The topological polar surface area (TPSA) is 87.4 Å². The van der Waals surface area contributed by atoms with Crippen molar-refractivity contribution in [3.63, 3.8) is 0 Å². The molecule has 1 atom stereocenters. The van der Waals surface area contributed by atoms with E-state index in [1.165, 1.54) is 6.39 Å². The summed E-state index contributed by atoms with van der Waals surface area (Å²) < 4.78 is 5.03. The van der Waals surface area contributed by atoms with Gasteiger partial charge in [-0.2, -0.15) is 0 Å². The molecule has 0 aliphatic carbocycles. The van der Waals surface area contributed by atoms with Crippen LogP contribution in [0.5, 0.6) is 0 Å². The summed E-state index contributed by atoms with van der Waals surface area (Å²) in [6.45, 7) is 4.92. The minimum absolute atomic E-state index is 0.153. The molecule has 0 saturated heterocycles. The number of rotatable bonds is 7. The SMILES string of the molecule is CCC(CCO)CNC(=O)NCc1ncoc1C. The molecule has 18 heavy (non-hydrogen) atoms. The molecule has 1 heterocycles. The summed E-state index contributed by atoms with van der Waals surface area (Å²) in [4.78, 5) is 15.5. The van der Waals surface area contributed by atoms with E-state index in [2.05, 4.69) is 15.6 Å². The van der Waals surface area contributed by atoms with Gasteiger partial charge in [-0.25, -0.2) is 9.78 Å². The van der Waals surface area contributed by atoms with Gasteiger partial charge in [0, 0.05) is 13.2 Å². The number of hydrogen-bond donors (Lipinski definition) is 3. The molecule has 0 saturated carbocycles. The number of aliphatic hydroxyl groups excluding tert-OH is 1. The van der Waals surface area contributed by atoms with Crippen LogP contribution in [-0.2, 0) is 6.54 Å². The first kappa shape index (κ1) is 14.5. The third-order valence-electron chi connectivity index (χ3n) is 2.93. The molecule has 6 nitrogen and oxygen atoms in total. The summed E-state index contributed by atoms with van der Waals surface area (Å²) in [5.41, 5.74) is 0.729. The van der Waals surface area contributed by atoms with Crippen molar-refractivity contribution < 1.29 is 14.3 Å². The van der Waals surface area contributed by atoms with Crippen LogP contribution >= 0.6 is 0 Å². The van der Waals surface area contributed by atoms with E-state index >= 15 is 0 Å². The monoisotopic (exact) mass is 255 g/mol. The van der Waals surface area contributed by atoms with Gasteiger partial charge in [0.2, 0.25) is 0 Å². The second-order valence-corrected chi connectivity index (χ2v) is 4.21. The van der Waals surface area contributed by atoms with Crippen LogP contribution in [0.3, 0.4) is 0 Å². The fraction of sp³-hybridized carbons (Fsp3) is 0.667. The maximum Gasteiger partial charge on any atom is 0.315 e. The molecule has 0 aliphatic heterocycles. The number of carbonyl (C=O) groups excluding carboxylic acids is 1. The molecule has 1 aromatic rings. The second-order valence-electron chi connectivity index (χ2n) is 4.21. The van der Waals surface area contributed by atoms with E-state index in [0.29, 0.717) is 31.2 Å². The number of hydrogen-bond acceptors (Lipinski definition) is 4. The molecule has 6 heteroatoms. The molecule has 3 N–H and O–H groups in total. The Kier molecular flexibility index (Phi) is 6.21. The van der Waals surface area contributed by atoms with Gasteiger partial charge >= 0.3 is 6.03 Å². The van der Waals surface area contributed by atoms with E-state index < -0.39 is 0 Å². The quantitative estimate of drug-likeness (QED) is 0.683. The predicted molar refractivity (Wildman–Crippen MR) is 67.0 cm³/mol. The number of aromatic nitrogens is 1. The highest BCUT2D eigenvalue weighted by molar-refractivity contribution is 5.73. The van der Waals surface area contributed by atoms with E-state index in [1.54, 1.807) is 6.92 Å². The highest BCUT2D eigenvalue weighted by atomic mass is 16.3. The van der Waals surface area contributed by atoms with E-state index in [-0.39, 0.29) is 12.6 Å². The molecule has 0 aromatic carbocycles. The Morgan fingerprint density at radius 3 is 2.89 bits per heavy atom. The lowest BCUT2D eigenvalue weighted by Crippen LogP contribution is -2.38. The molecule has 0 aliphatic rings. The van der Waals surface area contributed by atoms with Gasteiger partial charge in [0.1, 0.15) is 11.5 Å². The van der Waals surface area contributed by atoms with Gasteiger partial charge in [0.05, 0.1) is 6.54 Å².